The molecule has 2 rings (SSSR count). The van der Waals surface area contributed by atoms with Crippen LogP contribution in [-0.2, 0) is 15.6 Å². The van der Waals surface area contributed by atoms with Gasteiger partial charge in [0.15, 0.2) is 8.32 Å². The predicted octanol–water partition coefficient (Wildman–Crippen LogP) is 4.46. The molecule has 1 aliphatic heterocycles. The number of nitrogens with zero attached hydrogens (tertiary/aromatic N) is 1. The molecule has 2 heterocycles. The molecule has 0 aliphatic carbocycles. The first-order valence-corrected chi connectivity index (χ1v) is 13.1. The second-order valence-electron chi connectivity index (χ2n) is 9.34. The lowest BCUT2D eigenvalue weighted by molar-refractivity contribution is -0.140. The fourth-order valence-electron chi connectivity index (χ4n) is 3.30. The van der Waals surface area contributed by atoms with Crippen LogP contribution >= 0.6 is 12.2 Å². The fraction of sp³-hybridized carbons (Fsp3) is 0.667. The van der Waals surface area contributed by atoms with Gasteiger partial charge in [-0.3, -0.25) is 9.78 Å². The second kappa shape index (κ2) is 8.09. The Hall–Kier alpha value is -1.11. The number of carbonyl (C=O) groups excluding carboxylic acids is 1. The first-order chi connectivity index (χ1) is 12.3. The summed E-state index contributed by atoms with van der Waals surface area (Å²) in [6, 6.07) is 4.03. The highest BCUT2D eigenvalue weighted by molar-refractivity contribution is 7.80. The van der Waals surface area contributed by atoms with Crippen LogP contribution in [0.5, 0.6) is 0 Å². The van der Waals surface area contributed by atoms with E-state index in [9.17, 15) is 4.79 Å². The predicted molar refractivity (Wildman–Crippen MR) is 118 cm³/mol. The number of thiocarbonyl (C=S) groups is 1. The van der Waals surface area contributed by atoms with Gasteiger partial charge in [-0.25, -0.2) is 0 Å². The fourth-order valence-corrected chi connectivity index (χ4v) is 5.02. The second-order valence-corrected chi connectivity index (χ2v) is 14.6. The quantitative estimate of drug-likeness (QED) is 0.412. The minimum atomic E-state index is -1.93. The van der Waals surface area contributed by atoms with E-state index >= 15 is 0 Å². The minimum Gasteiger partial charge on any atom is -0.413 e. The van der Waals surface area contributed by atoms with Crippen LogP contribution in [0.2, 0.25) is 18.1 Å². The molecule has 4 atom stereocenters. The number of carbonyl (C=O) groups is 1. The van der Waals surface area contributed by atoms with E-state index in [2.05, 4.69) is 64.1 Å². The molecule has 1 aromatic heterocycles. The van der Waals surface area contributed by atoms with Crippen molar-refractivity contribution in [3.63, 3.8) is 0 Å². The average molecular weight is 407 g/mol. The largest absolute Gasteiger partial charge is 0.413 e. The lowest BCUT2D eigenvalue weighted by Gasteiger charge is -2.47. The van der Waals surface area contributed by atoms with Gasteiger partial charge in [-0.05, 0) is 43.6 Å². The topological polar surface area (TPSA) is 51.2 Å². The van der Waals surface area contributed by atoms with E-state index in [0.29, 0.717) is 6.42 Å². The Bertz CT molecular complexity index is 714. The third-order valence-electron chi connectivity index (χ3n) is 6.30. The normalized spacial score (nSPS) is 22.6. The van der Waals surface area contributed by atoms with E-state index in [1.807, 2.05) is 13.0 Å². The van der Waals surface area contributed by atoms with Gasteiger partial charge in [0.2, 0.25) is 5.91 Å². The van der Waals surface area contributed by atoms with Crippen molar-refractivity contribution in [3.05, 3.63) is 29.6 Å². The molecule has 1 fully saturated rings. The monoisotopic (exact) mass is 406 g/mol. The Morgan fingerprint density at radius 2 is 2.00 bits per heavy atom. The van der Waals surface area contributed by atoms with Gasteiger partial charge in [0.25, 0.3) is 0 Å². The summed E-state index contributed by atoms with van der Waals surface area (Å²) in [5, 5.41) is 3.19. The van der Waals surface area contributed by atoms with Crippen molar-refractivity contribution >= 4 is 31.3 Å². The van der Waals surface area contributed by atoms with Gasteiger partial charge in [-0.2, -0.15) is 0 Å². The van der Waals surface area contributed by atoms with Crippen LogP contribution in [0.25, 0.3) is 0 Å². The maximum Gasteiger partial charge on any atom is 0.228 e. The Morgan fingerprint density at radius 1 is 1.37 bits per heavy atom. The van der Waals surface area contributed by atoms with E-state index in [1.54, 1.807) is 6.20 Å². The van der Waals surface area contributed by atoms with Gasteiger partial charge < -0.3 is 9.74 Å². The molecule has 0 aromatic carbocycles. The van der Waals surface area contributed by atoms with Crippen LogP contribution < -0.4 is 5.32 Å². The molecule has 4 nitrogen and oxygen atoms in total. The Morgan fingerprint density at radius 3 is 2.52 bits per heavy atom. The Labute approximate surface area is 170 Å². The van der Waals surface area contributed by atoms with E-state index in [1.165, 1.54) is 0 Å². The van der Waals surface area contributed by atoms with Crippen LogP contribution in [0.15, 0.2) is 18.3 Å². The molecule has 1 aromatic rings. The summed E-state index contributed by atoms with van der Waals surface area (Å²) in [4.78, 5) is 17.7. The highest BCUT2D eigenvalue weighted by Gasteiger charge is 2.49. The highest BCUT2D eigenvalue weighted by Crippen LogP contribution is 2.39. The summed E-state index contributed by atoms with van der Waals surface area (Å²) in [7, 11) is -1.93. The van der Waals surface area contributed by atoms with Gasteiger partial charge in [-0.15, -0.1) is 0 Å². The zero-order valence-electron chi connectivity index (χ0n) is 17.9. The van der Waals surface area contributed by atoms with Crippen LogP contribution in [0, 0.1) is 18.8 Å². The van der Waals surface area contributed by atoms with Crippen LogP contribution in [-0.4, -0.2) is 36.2 Å². The summed E-state index contributed by atoms with van der Waals surface area (Å²) in [5.74, 6) is 0.0429. The molecule has 0 unspecified atom stereocenters. The van der Waals surface area contributed by atoms with E-state index < -0.39 is 8.32 Å². The first kappa shape index (κ1) is 22.2. The maximum atomic E-state index is 12.3. The zero-order chi connectivity index (χ0) is 20.6. The molecule has 27 heavy (non-hydrogen) atoms. The zero-order valence-corrected chi connectivity index (χ0v) is 19.7. The number of amides is 1. The molecule has 150 valence electrons. The van der Waals surface area contributed by atoms with Gasteiger partial charge in [-0.1, -0.05) is 46.0 Å². The minimum absolute atomic E-state index is 0.0359. The van der Waals surface area contributed by atoms with E-state index in [-0.39, 0.29) is 34.9 Å². The van der Waals surface area contributed by atoms with Crippen molar-refractivity contribution in [1.82, 2.24) is 10.3 Å². The van der Waals surface area contributed by atoms with Crippen molar-refractivity contribution in [2.24, 2.45) is 11.8 Å². The third-order valence-corrected chi connectivity index (χ3v) is 11.4. The summed E-state index contributed by atoms with van der Waals surface area (Å²) in [5.41, 5.74) is 2.16. The summed E-state index contributed by atoms with van der Waals surface area (Å²) < 4.78 is 6.50. The number of nitrogens with one attached hydrogen (secondary N) is 1. The number of hydrogen-bond donors (Lipinski definition) is 1. The standard InChI is InChI=1S/C21H34N2O2SSi/c1-13-10-9-11-22-16(13)12-17(26)14(2)19-18(20(24)23-19)15(3)25-27(7,8)21(4,5)6/h9-11,14-15,18-19H,12H2,1-8H3,(H,23,24)/t14-,15+,18+,19+/m0/s1. The highest BCUT2D eigenvalue weighted by atomic mass is 32.1. The number of β-lactam (4-membered cyclic amide) rings is 1. The molecular weight excluding hydrogens is 372 g/mol. The lowest BCUT2D eigenvalue weighted by atomic mass is 9.77. The summed E-state index contributed by atoms with van der Waals surface area (Å²) >= 11 is 5.72. The lowest BCUT2D eigenvalue weighted by Crippen LogP contribution is -2.66. The molecule has 1 amide bonds. The number of hydrogen-bond acceptors (Lipinski definition) is 4. The number of aromatic nitrogens is 1. The molecule has 0 bridgehead atoms. The van der Waals surface area contributed by atoms with Gasteiger partial charge in [0.1, 0.15) is 0 Å². The average Bonchev–Trinajstić information content (AvgIpc) is 2.52. The summed E-state index contributed by atoms with van der Waals surface area (Å²) in [6.07, 6.45) is 2.37. The van der Waals surface area contributed by atoms with Crippen LogP contribution in [0.3, 0.4) is 0 Å². The smallest absolute Gasteiger partial charge is 0.228 e. The van der Waals surface area contributed by atoms with Gasteiger partial charge >= 0.3 is 0 Å². The van der Waals surface area contributed by atoms with Crippen LogP contribution in [0.4, 0.5) is 0 Å². The van der Waals surface area contributed by atoms with Crippen molar-refractivity contribution in [2.75, 3.05) is 0 Å². The molecule has 0 spiro atoms. The molecule has 6 heteroatoms. The number of pyridine rings is 1. The number of aryl methyl sites for hydroxylation is 1. The third kappa shape index (κ3) is 4.84. The SMILES string of the molecule is Cc1cccnc1CC(=S)[C@H](C)[C@H]1NC(=O)[C@@H]1[C@@H](C)O[Si](C)(C)C(C)(C)C. The first-order valence-electron chi connectivity index (χ1n) is 9.76. The van der Waals surface area contributed by atoms with Gasteiger partial charge in [0, 0.05) is 35.1 Å². The van der Waals surface area contributed by atoms with Crippen LogP contribution in [0.1, 0.15) is 45.9 Å². The molecule has 1 saturated heterocycles. The molecule has 0 radical (unpaired) electrons. The molecule has 1 N–H and O–H groups in total. The van der Waals surface area contributed by atoms with Crippen molar-refractivity contribution in [3.8, 4) is 0 Å². The Balaban J connectivity index is 2.06. The number of rotatable bonds is 7. The Kier molecular flexibility index (Phi) is 6.65. The van der Waals surface area contributed by atoms with E-state index in [4.69, 9.17) is 16.6 Å². The summed E-state index contributed by atoms with van der Waals surface area (Å²) in [6.45, 7) is 17.3. The van der Waals surface area contributed by atoms with Crippen molar-refractivity contribution in [1.29, 1.82) is 0 Å². The van der Waals surface area contributed by atoms with Crippen molar-refractivity contribution < 1.29 is 9.22 Å². The maximum absolute atomic E-state index is 12.3. The molecule has 1 aliphatic rings. The molecular formula is C21H34N2O2SSi. The van der Waals surface area contributed by atoms with Gasteiger partial charge in [0.05, 0.1) is 12.0 Å². The van der Waals surface area contributed by atoms with E-state index in [0.717, 1.165) is 16.1 Å². The van der Waals surface area contributed by atoms with Crippen molar-refractivity contribution in [2.45, 2.75) is 78.2 Å². The molecule has 0 saturated carbocycles.